The number of piperidine rings is 1. The lowest BCUT2D eigenvalue weighted by Gasteiger charge is -2.22. The molecule has 0 bridgehead atoms. The van der Waals surface area contributed by atoms with E-state index in [-0.39, 0.29) is 11.3 Å². The van der Waals surface area contributed by atoms with Gasteiger partial charge in [0.05, 0.1) is 7.11 Å². The maximum atomic E-state index is 13.7. The number of amides is 1. The molecule has 5 heteroatoms. The number of carbonyl (C=O) groups is 1. The Morgan fingerprint density at radius 1 is 1.55 bits per heavy atom. The van der Waals surface area contributed by atoms with Gasteiger partial charge in [-0.15, -0.1) is 0 Å². The smallest absolute Gasteiger partial charge is 0.258 e. The molecule has 0 aromatic heterocycles. The molecule has 4 nitrogen and oxygen atoms in total. The zero-order valence-electron chi connectivity index (χ0n) is 11.7. The number of benzene rings is 1. The summed E-state index contributed by atoms with van der Waals surface area (Å²) in [5.41, 5.74) is -0.0169. The van der Waals surface area contributed by atoms with Crippen molar-refractivity contribution in [1.82, 2.24) is 10.6 Å². The molecule has 1 aliphatic heterocycles. The molecule has 0 spiro atoms. The molecular formula is C15H21FN2O2. The number of halogens is 1. The first kappa shape index (κ1) is 14.8. The van der Waals surface area contributed by atoms with E-state index in [1.165, 1.54) is 32.1 Å². The van der Waals surface area contributed by atoms with Crippen LogP contribution in [0.4, 0.5) is 4.39 Å². The Bertz CT molecular complexity index is 459. The summed E-state index contributed by atoms with van der Waals surface area (Å²) in [4.78, 5) is 12.0. The number of rotatable bonds is 5. The maximum Gasteiger partial charge on any atom is 0.258 e. The van der Waals surface area contributed by atoms with Crippen LogP contribution < -0.4 is 15.4 Å². The minimum absolute atomic E-state index is 0.0169. The number of nitrogens with one attached hydrogen (secondary N) is 2. The third-order valence-electron chi connectivity index (χ3n) is 3.66. The highest BCUT2D eigenvalue weighted by Crippen LogP contribution is 2.21. The van der Waals surface area contributed by atoms with Gasteiger partial charge in [0, 0.05) is 6.54 Å². The number of hydrogen-bond acceptors (Lipinski definition) is 3. The van der Waals surface area contributed by atoms with Gasteiger partial charge in [-0.2, -0.15) is 0 Å². The summed E-state index contributed by atoms with van der Waals surface area (Å²) >= 11 is 0. The van der Waals surface area contributed by atoms with Crippen LogP contribution in [0.15, 0.2) is 18.2 Å². The molecular weight excluding hydrogens is 259 g/mol. The van der Waals surface area contributed by atoms with Gasteiger partial charge in [0.25, 0.3) is 5.91 Å². The molecule has 2 rings (SSSR count). The van der Waals surface area contributed by atoms with E-state index in [0.29, 0.717) is 12.5 Å². The van der Waals surface area contributed by atoms with Gasteiger partial charge in [-0.05, 0) is 50.4 Å². The Kier molecular flexibility index (Phi) is 5.35. The van der Waals surface area contributed by atoms with Gasteiger partial charge in [-0.25, -0.2) is 4.39 Å². The highest BCUT2D eigenvalue weighted by molar-refractivity contribution is 5.97. The summed E-state index contributed by atoms with van der Waals surface area (Å²) in [7, 11) is 1.43. The van der Waals surface area contributed by atoms with Crippen LogP contribution in [-0.4, -0.2) is 32.7 Å². The first-order valence-electron chi connectivity index (χ1n) is 7.03. The summed E-state index contributed by atoms with van der Waals surface area (Å²) < 4.78 is 18.8. The van der Waals surface area contributed by atoms with Crippen molar-refractivity contribution in [2.45, 2.75) is 19.3 Å². The van der Waals surface area contributed by atoms with E-state index in [4.69, 9.17) is 4.74 Å². The average Bonchev–Trinajstić information content (AvgIpc) is 2.47. The average molecular weight is 280 g/mol. The van der Waals surface area contributed by atoms with E-state index in [9.17, 15) is 9.18 Å². The lowest BCUT2D eigenvalue weighted by atomic mass is 9.96. The zero-order chi connectivity index (χ0) is 14.4. The first-order chi connectivity index (χ1) is 9.72. The predicted octanol–water partition coefficient (Wildman–Crippen LogP) is 1.95. The molecule has 1 saturated heterocycles. The van der Waals surface area contributed by atoms with Crippen LogP contribution in [0.25, 0.3) is 0 Å². The van der Waals surface area contributed by atoms with E-state index in [1.807, 2.05) is 0 Å². The summed E-state index contributed by atoms with van der Waals surface area (Å²) in [6, 6.07) is 4.38. The zero-order valence-corrected chi connectivity index (χ0v) is 11.7. The predicted molar refractivity (Wildman–Crippen MR) is 75.5 cm³/mol. The Morgan fingerprint density at radius 3 is 3.10 bits per heavy atom. The van der Waals surface area contributed by atoms with Crippen LogP contribution in [0, 0.1) is 11.7 Å². The molecule has 1 aromatic carbocycles. The first-order valence-corrected chi connectivity index (χ1v) is 7.03. The molecule has 0 radical (unpaired) electrons. The normalized spacial score (nSPS) is 18.6. The third-order valence-corrected chi connectivity index (χ3v) is 3.66. The number of hydrogen-bond donors (Lipinski definition) is 2. The summed E-state index contributed by atoms with van der Waals surface area (Å²) in [5, 5.41) is 6.11. The summed E-state index contributed by atoms with van der Waals surface area (Å²) in [6.07, 6.45) is 3.28. The fourth-order valence-electron chi connectivity index (χ4n) is 2.54. The van der Waals surface area contributed by atoms with Crippen molar-refractivity contribution >= 4 is 5.91 Å². The van der Waals surface area contributed by atoms with Gasteiger partial charge in [0.15, 0.2) is 0 Å². The number of ether oxygens (including phenoxy) is 1. The molecule has 1 atom stereocenters. The van der Waals surface area contributed by atoms with Crippen molar-refractivity contribution in [3.63, 3.8) is 0 Å². The molecule has 20 heavy (non-hydrogen) atoms. The molecule has 1 unspecified atom stereocenters. The quantitative estimate of drug-likeness (QED) is 0.867. The standard InChI is InChI=1S/C15H21FN2O2/c1-20-13-6-2-5-12(16)14(13)15(19)18-9-7-11-4-3-8-17-10-11/h2,5-6,11,17H,3-4,7-10H2,1H3,(H,18,19). The molecule has 0 aliphatic carbocycles. The van der Waals surface area contributed by atoms with Crippen molar-refractivity contribution in [3.8, 4) is 5.75 Å². The van der Waals surface area contributed by atoms with E-state index < -0.39 is 11.7 Å². The number of carbonyl (C=O) groups excluding carboxylic acids is 1. The number of methoxy groups -OCH3 is 1. The molecule has 1 amide bonds. The van der Waals surface area contributed by atoms with Gasteiger partial charge >= 0.3 is 0 Å². The lowest BCUT2D eigenvalue weighted by Crippen LogP contribution is -2.33. The molecule has 1 aliphatic rings. The summed E-state index contributed by atoms with van der Waals surface area (Å²) in [6.45, 7) is 2.64. The van der Waals surface area contributed by atoms with Crippen molar-refractivity contribution in [1.29, 1.82) is 0 Å². The Balaban J connectivity index is 1.88. The van der Waals surface area contributed by atoms with Gasteiger partial charge in [-0.1, -0.05) is 6.07 Å². The van der Waals surface area contributed by atoms with Crippen molar-refractivity contribution in [3.05, 3.63) is 29.6 Å². The topological polar surface area (TPSA) is 50.4 Å². The molecule has 1 aromatic rings. The van der Waals surface area contributed by atoms with Gasteiger partial charge in [0.1, 0.15) is 17.1 Å². The minimum atomic E-state index is -0.554. The third kappa shape index (κ3) is 3.70. The summed E-state index contributed by atoms with van der Waals surface area (Å²) in [5.74, 6) is -0.113. The van der Waals surface area contributed by atoms with Crippen LogP contribution in [0.2, 0.25) is 0 Å². The van der Waals surface area contributed by atoms with E-state index in [2.05, 4.69) is 10.6 Å². The molecule has 2 N–H and O–H groups in total. The van der Waals surface area contributed by atoms with E-state index in [0.717, 1.165) is 19.5 Å². The Labute approximate surface area is 118 Å². The highest BCUT2D eigenvalue weighted by atomic mass is 19.1. The van der Waals surface area contributed by atoms with Crippen molar-refractivity contribution < 1.29 is 13.9 Å². The van der Waals surface area contributed by atoms with Crippen LogP contribution in [0.5, 0.6) is 5.75 Å². The fourth-order valence-corrected chi connectivity index (χ4v) is 2.54. The largest absolute Gasteiger partial charge is 0.496 e. The van der Waals surface area contributed by atoms with Crippen LogP contribution in [0.3, 0.4) is 0 Å². The molecule has 1 fully saturated rings. The maximum absolute atomic E-state index is 13.7. The van der Waals surface area contributed by atoms with Crippen LogP contribution in [0.1, 0.15) is 29.6 Å². The molecule has 1 heterocycles. The highest BCUT2D eigenvalue weighted by Gasteiger charge is 2.18. The van der Waals surface area contributed by atoms with Gasteiger partial charge in [-0.3, -0.25) is 4.79 Å². The second-order valence-electron chi connectivity index (χ2n) is 5.07. The Morgan fingerprint density at radius 2 is 2.40 bits per heavy atom. The van der Waals surface area contributed by atoms with Gasteiger partial charge in [0.2, 0.25) is 0 Å². The SMILES string of the molecule is COc1cccc(F)c1C(=O)NCCC1CCCNC1. The lowest BCUT2D eigenvalue weighted by molar-refractivity contribution is 0.0943. The monoisotopic (exact) mass is 280 g/mol. The van der Waals surface area contributed by atoms with Crippen molar-refractivity contribution in [2.75, 3.05) is 26.7 Å². The van der Waals surface area contributed by atoms with Crippen LogP contribution >= 0.6 is 0 Å². The minimum Gasteiger partial charge on any atom is -0.496 e. The fraction of sp³-hybridized carbons (Fsp3) is 0.533. The molecule has 0 saturated carbocycles. The van der Waals surface area contributed by atoms with Gasteiger partial charge < -0.3 is 15.4 Å². The van der Waals surface area contributed by atoms with E-state index in [1.54, 1.807) is 6.07 Å². The second kappa shape index (κ2) is 7.24. The second-order valence-corrected chi connectivity index (χ2v) is 5.07. The molecule has 110 valence electrons. The Hall–Kier alpha value is -1.62. The van der Waals surface area contributed by atoms with Crippen molar-refractivity contribution in [2.24, 2.45) is 5.92 Å². The van der Waals surface area contributed by atoms with E-state index >= 15 is 0 Å². The van der Waals surface area contributed by atoms with Crippen LogP contribution in [-0.2, 0) is 0 Å².